The maximum Gasteiger partial charge on any atom is 0.342 e. The summed E-state index contributed by atoms with van der Waals surface area (Å²) in [7, 11) is 0. The number of carbonyl (C=O) groups is 2. The van der Waals surface area contributed by atoms with Crippen molar-refractivity contribution in [3.8, 4) is 5.75 Å². The molecule has 5 heteroatoms. The molecule has 5 nitrogen and oxygen atoms in total. The molecule has 2 aliphatic carbocycles. The average Bonchev–Trinajstić information content (AvgIpc) is 2.86. The van der Waals surface area contributed by atoms with Gasteiger partial charge in [-0.1, -0.05) is 26.8 Å². The Morgan fingerprint density at radius 1 is 1.32 bits per heavy atom. The molecule has 1 amide bonds. The number of aromatic hydroxyl groups is 1. The third-order valence-corrected chi connectivity index (χ3v) is 6.84. The number of fused-ring (bicyclic) bond motifs is 2. The number of hydrogen-bond acceptors (Lipinski definition) is 4. The lowest BCUT2D eigenvalue weighted by molar-refractivity contribution is -0.126. The first-order valence-corrected chi connectivity index (χ1v) is 8.91. The van der Waals surface area contributed by atoms with Gasteiger partial charge in [0.05, 0.1) is 0 Å². The molecule has 136 valence electrons. The highest BCUT2D eigenvalue weighted by molar-refractivity contribution is 5.94. The Kier molecular flexibility index (Phi) is 4.30. The number of phenolic OH excluding ortho intramolecular Hbond substituents is 1. The third kappa shape index (κ3) is 2.90. The minimum absolute atomic E-state index is 0.0754. The Labute approximate surface area is 148 Å². The zero-order chi connectivity index (χ0) is 18.4. The monoisotopic (exact) mass is 345 g/mol. The van der Waals surface area contributed by atoms with Crippen LogP contribution < -0.4 is 5.32 Å². The first-order valence-electron chi connectivity index (χ1n) is 8.91. The second-order valence-corrected chi connectivity index (χ2v) is 8.33. The SMILES string of the molecule is Cc1ccc(C(=O)OCC(=O)NC2CC3CCC2(C)C3(C)C)c(O)c1. The minimum Gasteiger partial charge on any atom is -0.507 e. The highest BCUT2D eigenvalue weighted by Gasteiger charge is 2.61. The van der Waals surface area contributed by atoms with Crippen LogP contribution in [0.25, 0.3) is 0 Å². The fraction of sp³-hybridized carbons (Fsp3) is 0.600. The lowest BCUT2D eigenvalue weighted by Crippen LogP contribution is -2.48. The lowest BCUT2D eigenvalue weighted by Gasteiger charge is -2.39. The summed E-state index contributed by atoms with van der Waals surface area (Å²) in [6, 6.07) is 4.84. The first-order chi connectivity index (χ1) is 11.6. The Hall–Kier alpha value is -2.04. The first kappa shape index (κ1) is 17.8. The van der Waals surface area contributed by atoms with E-state index < -0.39 is 5.97 Å². The van der Waals surface area contributed by atoms with Gasteiger partial charge >= 0.3 is 5.97 Å². The number of benzene rings is 1. The lowest BCUT2D eigenvalue weighted by atomic mass is 9.69. The second kappa shape index (κ2) is 6.04. The molecule has 0 radical (unpaired) electrons. The standard InChI is InChI=1S/C20H27NO4/c1-12-5-6-14(15(22)9-12)18(24)25-11-17(23)21-16-10-13-7-8-20(16,4)19(13,2)3/h5-6,9,13,16,22H,7-8,10-11H2,1-4H3,(H,21,23). The maximum atomic E-state index is 12.3. The van der Waals surface area contributed by atoms with Crippen molar-refractivity contribution in [1.29, 1.82) is 0 Å². The van der Waals surface area contributed by atoms with E-state index in [1.165, 1.54) is 18.6 Å². The van der Waals surface area contributed by atoms with Crippen LogP contribution >= 0.6 is 0 Å². The topological polar surface area (TPSA) is 75.6 Å². The van der Waals surface area contributed by atoms with Gasteiger partial charge in [0.1, 0.15) is 11.3 Å². The van der Waals surface area contributed by atoms with Gasteiger partial charge in [-0.05, 0) is 60.6 Å². The molecule has 0 spiro atoms. The fourth-order valence-corrected chi connectivity index (χ4v) is 4.68. The highest BCUT2D eigenvalue weighted by Crippen LogP contribution is 2.65. The summed E-state index contributed by atoms with van der Waals surface area (Å²) in [6.45, 7) is 8.32. The van der Waals surface area contributed by atoms with Crippen molar-refractivity contribution in [3.63, 3.8) is 0 Å². The van der Waals surface area contributed by atoms with E-state index in [2.05, 4.69) is 26.1 Å². The molecule has 2 bridgehead atoms. The predicted molar refractivity (Wildman–Crippen MR) is 94.3 cm³/mol. The Morgan fingerprint density at radius 3 is 2.60 bits per heavy atom. The molecule has 2 saturated carbocycles. The third-order valence-electron chi connectivity index (χ3n) is 6.84. The van der Waals surface area contributed by atoms with Gasteiger partial charge in [0, 0.05) is 6.04 Å². The van der Waals surface area contributed by atoms with Crippen molar-refractivity contribution in [3.05, 3.63) is 29.3 Å². The molecule has 1 aromatic rings. The molecule has 3 rings (SSSR count). The Balaban J connectivity index is 1.56. The average molecular weight is 345 g/mol. The maximum absolute atomic E-state index is 12.3. The summed E-state index contributed by atoms with van der Waals surface area (Å²) in [6.07, 6.45) is 3.33. The van der Waals surface area contributed by atoms with E-state index in [0.717, 1.165) is 18.4 Å². The molecular weight excluding hydrogens is 318 g/mol. The molecular formula is C20H27NO4. The summed E-state index contributed by atoms with van der Waals surface area (Å²) in [5, 5.41) is 12.9. The number of hydrogen-bond donors (Lipinski definition) is 2. The molecule has 0 aliphatic heterocycles. The van der Waals surface area contributed by atoms with Crippen LogP contribution in [0, 0.1) is 23.7 Å². The Bertz CT molecular complexity index is 712. The van der Waals surface area contributed by atoms with E-state index in [0.29, 0.717) is 5.92 Å². The van der Waals surface area contributed by atoms with Gasteiger partial charge in [0.15, 0.2) is 6.61 Å². The molecule has 25 heavy (non-hydrogen) atoms. The highest BCUT2D eigenvalue weighted by atomic mass is 16.5. The van der Waals surface area contributed by atoms with Gasteiger partial charge in [-0.2, -0.15) is 0 Å². The number of ether oxygens (including phenoxy) is 1. The number of esters is 1. The van der Waals surface area contributed by atoms with E-state index in [-0.39, 0.29) is 40.7 Å². The number of nitrogens with one attached hydrogen (secondary N) is 1. The smallest absolute Gasteiger partial charge is 0.342 e. The van der Waals surface area contributed by atoms with E-state index in [4.69, 9.17) is 4.74 Å². The van der Waals surface area contributed by atoms with Crippen LogP contribution in [0.2, 0.25) is 0 Å². The van der Waals surface area contributed by atoms with Crippen LogP contribution in [-0.2, 0) is 9.53 Å². The summed E-state index contributed by atoms with van der Waals surface area (Å²) < 4.78 is 5.07. The Morgan fingerprint density at radius 2 is 2.04 bits per heavy atom. The molecule has 3 atom stereocenters. The molecule has 0 aromatic heterocycles. The van der Waals surface area contributed by atoms with Gasteiger partial charge in [0.2, 0.25) is 0 Å². The molecule has 2 aliphatic rings. The predicted octanol–water partition coefficient (Wildman–Crippen LogP) is 3.19. The van der Waals surface area contributed by atoms with Crippen molar-refractivity contribution >= 4 is 11.9 Å². The minimum atomic E-state index is -0.688. The molecule has 0 heterocycles. The van der Waals surface area contributed by atoms with E-state index in [1.807, 2.05) is 6.92 Å². The van der Waals surface area contributed by atoms with Crippen molar-refractivity contribution in [2.24, 2.45) is 16.7 Å². The van der Waals surface area contributed by atoms with Crippen molar-refractivity contribution in [1.82, 2.24) is 5.32 Å². The summed E-state index contributed by atoms with van der Waals surface area (Å²) in [4.78, 5) is 24.3. The summed E-state index contributed by atoms with van der Waals surface area (Å²) in [5.74, 6) is -0.468. The van der Waals surface area contributed by atoms with Crippen molar-refractivity contribution < 1.29 is 19.4 Å². The van der Waals surface area contributed by atoms with Crippen LogP contribution in [0.1, 0.15) is 56.0 Å². The molecule has 2 N–H and O–H groups in total. The van der Waals surface area contributed by atoms with Crippen LogP contribution in [0.5, 0.6) is 5.75 Å². The van der Waals surface area contributed by atoms with Gasteiger partial charge in [0.25, 0.3) is 5.91 Å². The number of aryl methyl sites for hydroxylation is 1. The number of rotatable bonds is 4. The van der Waals surface area contributed by atoms with Crippen LogP contribution in [0.4, 0.5) is 0 Å². The number of amides is 1. The molecule has 3 unspecified atom stereocenters. The normalized spacial score (nSPS) is 29.4. The van der Waals surface area contributed by atoms with Crippen LogP contribution in [0.3, 0.4) is 0 Å². The van der Waals surface area contributed by atoms with E-state index in [9.17, 15) is 14.7 Å². The van der Waals surface area contributed by atoms with Gasteiger partial charge in [-0.3, -0.25) is 4.79 Å². The number of phenols is 1. The summed E-state index contributed by atoms with van der Waals surface area (Å²) in [5.41, 5.74) is 1.23. The quantitative estimate of drug-likeness (QED) is 0.822. The zero-order valence-electron chi connectivity index (χ0n) is 15.4. The largest absolute Gasteiger partial charge is 0.507 e. The van der Waals surface area contributed by atoms with E-state index >= 15 is 0 Å². The second-order valence-electron chi connectivity index (χ2n) is 8.33. The number of carbonyl (C=O) groups excluding carboxylic acids is 2. The zero-order valence-corrected chi connectivity index (χ0v) is 15.4. The molecule has 0 saturated heterocycles. The molecule has 1 aromatic carbocycles. The van der Waals surface area contributed by atoms with Crippen molar-refractivity contribution in [2.75, 3.05) is 6.61 Å². The van der Waals surface area contributed by atoms with Gasteiger partial charge in [-0.15, -0.1) is 0 Å². The van der Waals surface area contributed by atoms with Gasteiger partial charge in [-0.25, -0.2) is 4.79 Å². The van der Waals surface area contributed by atoms with Crippen LogP contribution in [-0.4, -0.2) is 29.6 Å². The van der Waals surface area contributed by atoms with Gasteiger partial charge < -0.3 is 15.2 Å². The van der Waals surface area contributed by atoms with Crippen LogP contribution in [0.15, 0.2) is 18.2 Å². The van der Waals surface area contributed by atoms with E-state index in [1.54, 1.807) is 6.07 Å². The molecule has 2 fully saturated rings. The van der Waals surface area contributed by atoms with Crippen molar-refractivity contribution in [2.45, 2.75) is 53.0 Å². The summed E-state index contributed by atoms with van der Waals surface area (Å²) >= 11 is 0. The fourth-order valence-electron chi connectivity index (χ4n) is 4.68.